The Hall–Kier alpha value is -1.11. The van der Waals surface area contributed by atoms with E-state index in [-0.39, 0.29) is 5.41 Å². The van der Waals surface area contributed by atoms with Gasteiger partial charge in [0.2, 0.25) is 10.0 Å². The number of sulfonamides is 1. The van der Waals surface area contributed by atoms with E-state index in [4.69, 9.17) is 10.5 Å². The summed E-state index contributed by atoms with van der Waals surface area (Å²) in [7, 11) is -3.49. The molecule has 1 aliphatic rings. The summed E-state index contributed by atoms with van der Waals surface area (Å²) in [4.78, 5) is 0.335. The van der Waals surface area contributed by atoms with E-state index in [1.807, 2.05) is 20.8 Å². The highest BCUT2D eigenvalue weighted by Crippen LogP contribution is 2.29. The molecule has 1 aromatic carbocycles. The number of hydrogen-bond donors (Lipinski definition) is 1. The SMILES string of the molecule is CCN(CC(C)(C)CN)S(=O)(=O)c1ccc2c(c1)CCO2. The van der Waals surface area contributed by atoms with Crippen molar-refractivity contribution >= 4 is 10.0 Å². The van der Waals surface area contributed by atoms with Gasteiger partial charge in [-0.25, -0.2) is 8.42 Å². The summed E-state index contributed by atoms with van der Waals surface area (Å²) < 4.78 is 32.5. The summed E-state index contributed by atoms with van der Waals surface area (Å²) in [5, 5.41) is 0. The van der Waals surface area contributed by atoms with Crippen molar-refractivity contribution in [3.8, 4) is 5.75 Å². The largest absolute Gasteiger partial charge is 0.493 e. The molecule has 5 nitrogen and oxygen atoms in total. The molecule has 0 aliphatic carbocycles. The van der Waals surface area contributed by atoms with Crippen molar-refractivity contribution in [1.29, 1.82) is 0 Å². The van der Waals surface area contributed by atoms with Gasteiger partial charge >= 0.3 is 0 Å². The van der Waals surface area contributed by atoms with Crippen molar-refractivity contribution in [2.75, 3.05) is 26.2 Å². The van der Waals surface area contributed by atoms with Gasteiger partial charge in [-0.2, -0.15) is 4.31 Å². The first-order valence-corrected chi connectivity index (χ1v) is 8.70. The molecule has 0 saturated carbocycles. The summed E-state index contributed by atoms with van der Waals surface area (Å²) >= 11 is 0. The normalized spacial score (nSPS) is 15.1. The molecule has 1 aliphatic heterocycles. The number of fused-ring (bicyclic) bond motifs is 1. The molecule has 0 aromatic heterocycles. The quantitative estimate of drug-likeness (QED) is 0.866. The lowest BCUT2D eigenvalue weighted by Gasteiger charge is -2.30. The Bertz CT molecular complexity index is 611. The van der Waals surface area contributed by atoms with Gasteiger partial charge in [0.1, 0.15) is 5.75 Å². The van der Waals surface area contributed by atoms with Gasteiger partial charge in [0.05, 0.1) is 11.5 Å². The van der Waals surface area contributed by atoms with E-state index in [1.165, 1.54) is 4.31 Å². The van der Waals surface area contributed by atoms with Crippen molar-refractivity contribution in [2.24, 2.45) is 11.1 Å². The van der Waals surface area contributed by atoms with Crippen molar-refractivity contribution in [1.82, 2.24) is 4.31 Å². The minimum Gasteiger partial charge on any atom is -0.493 e. The number of hydrogen-bond acceptors (Lipinski definition) is 4. The third-order valence-corrected chi connectivity index (χ3v) is 5.73. The molecule has 6 heteroatoms. The second-order valence-corrected chi connectivity index (χ2v) is 8.11. The predicted octanol–water partition coefficient (Wildman–Crippen LogP) is 1.62. The summed E-state index contributed by atoms with van der Waals surface area (Å²) in [5.74, 6) is 0.791. The van der Waals surface area contributed by atoms with Gasteiger partial charge in [-0.1, -0.05) is 20.8 Å². The van der Waals surface area contributed by atoms with E-state index in [2.05, 4.69) is 0 Å². The average Bonchev–Trinajstić information content (AvgIpc) is 2.92. The van der Waals surface area contributed by atoms with E-state index in [0.717, 1.165) is 17.7 Å². The number of nitrogens with zero attached hydrogens (tertiary/aromatic N) is 1. The molecule has 2 N–H and O–H groups in total. The first-order valence-electron chi connectivity index (χ1n) is 7.26. The van der Waals surface area contributed by atoms with Crippen LogP contribution in [0, 0.1) is 5.41 Å². The first-order chi connectivity index (χ1) is 9.80. The van der Waals surface area contributed by atoms with Crippen LogP contribution in [-0.2, 0) is 16.4 Å². The third kappa shape index (κ3) is 3.39. The van der Waals surface area contributed by atoms with Crippen LogP contribution < -0.4 is 10.5 Å². The zero-order valence-electron chi connectivity index (χ0n) is 12.9. The molecule has 1 heterocycles. The zero-order valence-corrected chi connectivity index (χ0v) is 13.7. The van der Waals surface area contributed by atoms with Crippen LogP contribution in [0.4, 0.5) is 0 Å². The average molecular weight is 312 g/mol. The highest BCUT2D eigenvalue weighted by molar-refractivity contribution is 7.89. The Morgan fingerprint density at radius 2 is 2.10 bits per heavy atom. The van der Waals surface area contributed by atoms with Crippen LogP contribution >= 0.6 is 0 Å². The maximum Gasteiger partial charge on any atom is 0.243 e. The number of ether oxygens (including phenoxy) is 1. The van der Waals surface area contributed by atoms with Crippen LogP contribution in [0.2, 0.25) is 0 Å². The van der Waals surface area contributed by atoms with E-state index in [1.54, 1.807) is 18.2 Å². The Balaban J connectivity index is 2.31. The summed E-state index contributed by atoms with van der Waals surface area (Å²) in [6.07, 6.45) is 0.763. The van der Waals surface area contributed by atoms with Crippen LogP contribution in [0.3, 0.4) is 0 Å². The van der Waals surface area contributed by atoms with E-state index >= 15 is 0 Å². The van der Waals surface area contributed by atoms with Gasteiger partial charge in [-0.05, 0) is 35.7 Å². The number of benzene rings is 1. The third-order valence-electron chi connectivity index (χ3n) is 3.81. The highest BCUT2D eigenvalue weighted by atomic mass is 32.2. The fraction of sp³-hybridized carbons (Fsp3) is 0.600. The molecule has 0 saturated heterocycles. The van der Waals surface area contributed by atoms with Crippen molar-refractivity contribution in [3.05, 3.63) is 23.8 Å². The number of nitrogens with two attached hydrogens (primary N) is 1. The minimum absolute atomic E-state index is 0.247. The molecule has 0 radical (unpaired) electrons. The van der Waals surface area contributed by atoms with Crippen LogP contribution in [0.15, 0.2) is 23.1 Å². The fourth-order valence-corrected chi connectivity index (χ4v) is 4.07. The minimum atomic E-state index is -3.49. The summed E-state index contributed by atoms with van der Waals surface area (Å²) in [6.45, 7) is 7.70. The van der Waals surface area contributed by atoms with Gasteiger partial charge in [-0.3, -0.25) is 0 Å². The topological polar surface area (TPSA) is 72.6 Å². The van der Waals surface area contributed by atoms with E-state index in [0.29, 0.717) is 31.1 Å². The summed E-state index contributed by atoms with van der Waals surface area (Å²) in [6, 6.07) is 5.10. The Labute approximate surface area is 127 Å². The Kier molecular flexibility index (Phi) is 4.60. The molecule has 0 spiro atoms. The number of rotatable bonds is 6. The standard InChI is InChI=1S/C15H24N2O3S/c1-4-17(11-15(2,3)10-16)21(18,19)13-5-6-14-12(9-13)7-8-20-14/h5-6,9H,4,7-8,10-11,16H2,1-3H3. The van der Waals surface area contributed by atoms with Crippen molar-refractivity contribution < 1.29 is 13.2 Å². The highest BCUT2D eigenvalue weighted by Gasteiger charge is 2.29. The molecule has 1 aromatic rings. The molecule has 0 bridgehead atoms. The second-order valence-electron chi connectivity index (χ2n) is 6.17. The van der Waals surface area contributed by atoms with E-state index in [9.17, 15) is 8.42 Å². The Morgan fingerprint density at radius 1 is 1.38 bits per heavy atom. The van der Waals surface area contributed by atoms with E-state index < -0.39 is 10.0 Å². The van der Waals surface area contributed by atoms with Gasteiger partial charge in [0.25, 0.3) is 0 Å². The van der Waals surface area contributed by atoms with Crippen LogP contribution in [0.25, 0.3) is 0 Å². The lowest BCUT2D eigenvalue weighted by molar-refractivity contribution is 0.273. The molecular formula is C15H24N2O3S. The molecule has 2 rings (SSSR count). The molecule has 0 amide bonds. The van der Waals surface area contributed by atoms with Crippen molar-refractivity contribution in [2.45, 2.75) is 32.1 Å². The van der Waals surface area contributed by atoms with Gasteiger partial charge < -0.3 is 10.5 Å². The molecule has 0 unspecified atom stereocenters. The molecule has 118 valence electrons. The lowest BCUT2D eigenvalue weighted by atomic mass is 9.94. The Morgan fingerprint density at radius 3 is 2.71 bits per heavy atom. The van der Waals surface area contributed by atoms with Crippen LogP contribution in [0.1, 0.15) is 26.3 Å². The fourth-order valence-electron chi connectivity index (χ4n) is 2.38. The smallest absolute Gasteiger partial charge is 0.243 e. The van der Waals surface area contributed by atoms with Crippen LogP contribution in [0.5, 0.6) is 5.75 Å². The first kappa shape index (κ1) is 16.3. The second kappa shape index (κ2) is 5.94. The molecule has 0 atom stereocenters. The van der Waals surface area contributed by atoms with Gasteiger partial charge in [-0.15, -0.1) is 0 Å². The maximum atomic E-state index is 12.8. The van der Waals surface area contributed by atoms with Gasteiger partial charge in [0, 0.05) is 19.5 Å². The zero-order chi connectivity index (χ0) is 15.7. The lowest BCUT2D eigenvalue weighted by Crippen LogP contribution is -2.41. The van der Waals surface area contributed by atoms with Crippen molar-refractivity contribution in [3.63, 3.8) is 0 Å². The van der Waals surface area contributed by atoms with Gasteiger partial charge in [0.15, 0.2) is 0 Å². The molecular weight excluding hydrogens is 288 g/mol. The van der Waals surface area contributed by atoms with Crippen LogP contribution in [-0.4, -0.2) is 39.0 Å². The predicted molar refractivity (Wildman–Crippen MR) is 82.9 cm³/mol. The maximum absolute atomic E-state index is 12.8. The molecule has 0 fully saturated rings. The summed E-state index contributed by atoms with van der Waals surface area (Å²) in [5.41, 5.74) is 6.44. The molecule has 21 heavy (non-hydrogen) atoms. The monoisotopic (exact) mass is 312 g/mol.